The average molecular weight is 335 g/mol. The largest absolute Gasteiger partial charge is 0.298 e. The minimum absolute atomic E-state index is 0.161. The van der Waals surface area contributed by atoms with Gasteiger partial charge in [-0.15, -0.1) is 0 Å². The maximum atomic E-state index is 14.0. The number of carbonyl (C=O) groups is 2. The van der Waals surface area contributed by atoms with Crippen molar-refractivity contribution in [3.05, 3.63) is 47.5 Å². The van der Waals surface area contributed by atoms with Gasteiger partial charge in [0.05, 0.1) is 10.8 Å². The van der Waals surface area contributed by atoms with E-state index in [0.717, 1.165) is 17.3 Å². The van der Waals surface area contributed by atoms with E-state index in [-0.39, 0.29) is 17.5 Å². The molecular formula is C16H18FN3O2S. The van der Waals surface area contributed by atoms with Crippen LogP contribution in [0.2, 0.25) is 0 Å². The van der Waals surface area contributed by atoms with Gasteiger partial charge >= 0.3 is 0 Å². The van der Waals surface area contributed by atoms with Gasteiger partial charge in [0.1, 0.15) is 5.78 Å². The number of aromatic nitrogens is 3. The predicted octanol–water partition coefficient (Wildman–Crippen LogP) is 3.27. The molecule has 5 nitrogen and oxygen atoms in total. The molecule has 2 rings (SSSR count). The molecule has 7 heteroatoms. The maximum absolute atomic E-state index is 14.0. The number of halogens is 1. The van der Waals surface area contributed by atoms with Crippen molar-refractivity contribution in [2.45, 2.75) is 38.5 Å². The Morgan fingerprint density at radius 1 is 1.26 bits per heavy atom. The van der Waals surface area contributed by atoms with Gasteiger partial charge in [-0.3, -0.25) is 9.59 Å². The fourth-order valence-corrected chi connectivity index (χ4v) is 2.83. The van der Waals surface area contributed by atoms with Crippen LogP contribution in [0.5, 0.6) is 0 Å². The number of thioether (sulfide) groups is 1. The monoisotopic (exact) mass is 335 g/mol. The summed E-state index contributed by atoms with van der Waals surface area (Å²) < 4.78 is 14.3. The van der Waals surface area contributed by atoms with Gasteiger partial charge in [-0.1, -0.05) is 52.4 Å². The molecule has 122 valence electrons. The molecule has 0 saturated carbocycles. The lowest BCUT2D eigenvalue weighted by molar-refractivity contribution is -0.118. The smallest absolute Gasteiger partial charge is 0.264 e. The van der Waals surface area contributed by atoms with Gasteiger partial charge in [-0.2, -0.15) is 4.39 Å². The lowest BCUT2D eigenvalue weighted by Gasteiger charge is -2.20. The molecule has 1 aromatic carbocycles. The lowest BCUT2D eigenvalue weighted by Crippen LogP contribution is -2.28. The molecule has 1 heterocycles. The second-order valence-electron chi connectivity index (χ2n) is 5.72. The normalized spacial score (nSPS) is 12.9. The molecule has 2 aromatic rings. The van der Waals surface area contributed by atoms with E-state index >= 15 is 0 Å². The number of carbonyl (C=O) groups excluding carboxylic acids is 2. The first-order valence-corrected chi connectivity index (χ1v) is 7.95. The van der Waals surface area contributed by atoms with Crippen molar-refractivity contribution in [1.29, 1.82) is 0 Å². The third-order valence-electron chi connectivity index (χ3n) is 3.69. The van der Waals surface area contributed by atoms with Crippen molar-refractivity contribution in [2.75, 3.05) is 0 Å². The van der Waals surface area contributed by atoms with Gasteiger partial charge < -0.3 is 0 Å². The van der Waals surface area contributed by atoms with Crippen LogP contribution in [0.3, 0.4) is 0 Å². The van der Waals surface area contributed by atoms with E-state index in [0.29, 0.717) is 0 Å². The summed E-state index contributed by atoms with van der Waals surface area (Å²) in [6.07, 6.45) is 0. The standard InChI is InChI=1S/C16H18FN3O2S/c1-10(12-8-6-5-7-9-12)20-13(14(17)18-19-20)15(22)23-16(3,4)11(2)21/h5-10H,1-4H3/t10-/m1/s1. The second-order valence-corrected chi connectivity index (χ2v) is 7.31. The van der Waals surface area contributed by atoms with Crippen LogP contribution in [0.15, 0.2) is 30.3 Å². The Balaban J connectivity index is 2.36. The summed E-state index contributed by atoms with van der Waals surface area (Å²) in [7, 11) is 0. The van der Waals surface area contributed by atoms with Crippen molar-refractivity contribution in [3.8, 4) is 0 Å². The molecule has 0 aliphatic rings. The van der Waals surface area contributed by atoms with E-state index in [4.69, 9.17) is 0 Å². The number of nitrogens with zero attached hydrogens (tertiary/aromatic N) is 3. The molecule has 0 aliphatic heterocycles. The SMILES string of the molecule is CC(=O)C(C)(C)SC(=O)c1c(F)nnn1[C@H](C)c1ccccc1. The van der Waals surface area contributed by atoms with Crippen LogP contribution in [0, 0.1) is 5.95 Å². The van der Waals surface area contributed by atoms with Crippen molar-refractivity contribution < 1.29 is 14.0 Å². The number of benzene rings is 1. The van der Waals surface area contributed by atoms with E-state index in [1.165, 1.54) is 11.6 Å². The Hall–Kier alpha value is -2.02. The lowest BCUT2D eigenvalue weighted by atomic mass is 10.1. The van der Waals surface area contributed by atoms with Crippen molar-refractivity contribution in [3.63, 3.8) is 0 Å². The molecule has 0 radical (unpaired) electrons. The summed E-state index contributed by atoms with van der Waals surface area (Å²) in [5, 5.41) is 6.59. The molecule has 0 aliphatic carbocycles. The summed E-state index contributed by atoms with van der Waals surface area (Å²) >= 11 is 0.779. The van der Waals surface area contributed by atoms with E-state index in [2.05, 4.69) is 10.3 Å². The van der Waals surface area contributed by atoms with Crippen molar-refractivity contribution in [1.82, 2.24) is 15.0 Å². The Labute approximate surface area is 138 Å². The summed E-state index contributed by atoms with van der Waals surface area (Å²) in [5.41, 5.74) is 0.656. The number of ketones is 1. The number of hydrogen-bond acceptors (Lipinski definition) is 5. The van der Waals surface area contributed by atoms with Gasteiger partial charge in [0.25, 0.3) is 5.95 Å². The summed E-state index contributed by atoms with van der Waals surface area (Å²) in [5.74, 6) is -1.09. The highest BCUT2D eigenvalue weighted by Gasteiger charge is 2.33. The van der Waals surface area contributed by atoms with Crippen LogP contribution in [0.4, 0.5) is 4.39 Å². The number of rotatable bonds is 5. The van der Waals surface area contributed by atoms with Crippen LogP contribution in [-0.4, -0.2) is 30.6 Å². The van der Waals surface area contributed by atoms with Crippen molar-refractivity contribution in [2.24, 2.45) is 0 Å². The summed E-state index contributed by atoms with van der Waals surface area (Å²) in [6, 6.07) is 8.96. The Morgan fingerprint density at radius 3 is 2.43 bits per heavy atom. The zero-order valence-electron chi connectivity index (χ0n) is 13.4. The van der Waals surface area contributed by atoms with Gasteiger partial charge in [-0.05, 0) is 33.3 Å². The highest BCUT2D eigenvalue weighted by molar-refractivity contribution is 8.15. The van der Waals surface area contributed by atoms with Gasteiger partial charge in [-0.25, -0.2) is 4.68 Å². The molecule has 0 amide bonds. The highest BCUT2D eigenvalue weighted by Crippen LogP contribution is 2.30. The Kier molecular flexibility index (Phi) is 4.99. The second kappa shape index (κ2) is 6.62. The fourth-order valence-electron chi connectivity index (χ4n) is 1.95. The molecule has 0 fully saturated rings. The van der Waals surface area contributed by atoms with Gasteiger partial charge in [0.15, 0.2) is 5.69 Å². The molecule has 0 bridgehead atoms. The van der Waals surface area contributed by atoms with Crippen LogP contribution >= 0.6 is 11.8 Å². The van der Waals surface area contributed by atoms with Crippen LogP contribution < -0.4 is 0 Å². The zero-order chi connectivity index (χ0) is 17.2. The van der Waals surface area contributed by atoms with E-state index in [1.54, 1.807) is 20.8 Å². The van der Waals surface area contributed by atoms with Crippen molar-refractivity contribution >= 4 is 22.7 Å². The van der Waals surface area contributed by atoms with Crippen LogP contribution in [-0.2, 0) is 4.79 Å². The number of Topliss-reactive ketones (excluding diaryl/α,β-unsaturated/α-hetero) is 1. The fraction of sp³-hybridized carbons (Fsp3) is 0.375. The molecule has 0 spiro atoms. The van der Waals surface area contributed by atoms with E-state index in [9.17, 15) is 14.0 Å². The van der Waals surface area contributed by atoms with E-state index in [1.807, 2.05) is 30.3 Å². The molecular weight excluding hydrogens is 317 g/mol. The molecule has 1 atom stereocenters. The molecule has 23 heavy (non-hydrogen) atoms. The first kappa shape index (κ1) is 17.3. The zero-order valence-corrected chi connectivity index (χ0v) is 14.2. The van der Waals surface area contributed by atoms with Crippen LogP contribution in [0.1, 0.15) is 49.8 Å². The quantitative estimate of drug-likeness (QED) is 0.839. The Bertz CT molecular complexity index is 728. The molecule has 0 N–H and O–H groups in total. The van der Waals surface area contributed by atoms with Crippen LogP contribution in [0.25, 0.3) is 0 Å². The topological polar surface area (TPSA) is 64.8 Å². The highest BCUT2D eigenvalue weighted by atomic mass is 32.2. The average Bonchev–Trinajstić information content (AvgIpc) is 2.88. The minimum atomic E-state index is -0.936. The summed E-state index contributed by atoms with van der Waals surface area (Å²) in [6.45, 7) is 6.47. The number of hydrogen-bond donors (Lipinski definition) is 0. The van der Waals surface area contributed by atoms with E-state index < -0.39 is 15.8 Å². The molecule has 0 unspecified atom stereocenters. The molecule has 0 saturated heterocycles. The summed E-state index contributed by atoms with van der Waals surface area (Å²) in [4.78, 5) is 24.1. The maximum Gasteiger partial charge on any atom is 0.264 e. The first-order valence-electron chi connectivity index (χ1n) is 7.14. The van der Waals surface area contributed by atoms with Gasteiger partial charge in [0.2, 0.25) is 5.12 Å². The first-order chi connectivity index (χ1) is 10.7. The molecule has 1 aromatic heterocycles. The predicted molar refractivity (Wildman–Crippen MR) is 86.9 cm³/mol. The third-order valence-corrected chi connectivity index (χ3v) is 4.87. The Morgan fingerprint density at radius 2 is 1.87 bits per heavy atom. The van der Waals surface area contributed by atoms with Gasteiger partial charge in [0, 0.05) is 0 Å². The third kappa shape index (κ3) is 3.67. The minimum Gasteiger partial charge on any atom is -0.298 e.